The van der Waals surface area contributed by atoms with Crippen LogP contribution in [0.2, 0.25) is 0 Å². The highest BCUT2D eigenvalue weighted by atomic mass is 127. The average Bonchev–Trinajstić information content (AvgIpc) is 2.14. The Kier molecular flexibility index (Phi) is 5.54. The predicted octanol–water partition coefficient (Wildman–Crippen LogP) is -0.788. The van der Waals surface area contributed by atoms with Crippen molar-refractivity contribution < 1.29 is 24.0 Å². The Labute approximate surface area is 77.9 Å². The lowest BCUT2D eigenvalue weighted by molar-refractivity contribution is -0.00000142. The van der Waals surface area contributed by atoms with Crippen LogP contribution in [0.5, 0.6) is 0 Å². The second-order valence-corrected chi connectivity index (χ2v) is 3.68. The molecule has 0 atom stereocenters. The van der Waals surface area contributed by atoms with E-state index in [2.05, 4.69) is 15.4 Å². The van der Waals surface area contributed by atoms with Gasteiger partial charge in [0.15, 0.2) is 5.38 Å². The van der Waals surface area contributed by atoms with Crippen LogP contribution in [-0.2, 0) is 0 Å². The fourth-order valence-corrected chi connectivity index (χ4v) is 2.34. The number of nitrogens with zero attached hydrogens (tertiary/aromatic N) is 1. The van der Waals surface area contributed by atoms with Gasteiger partial charge in [-0.05, 0) is 6.26 Å². The normalized spacial score (nSPS) is 8.12. The fourth-order valence-electron chi connectivity index (χ4n) is 0.230. The molecule has 0 saturated heterocycles. The first-order chi connectivity index (χ1) is 3.43. The van der Waals surface area contributed by atoms with E-state index in [1.807, 2.05) is 0 Å². The molecule has 0 saturated carbocycles. The number of thioether (sulfide) groups is 1. The van der Waals surface area contributed by atoms with Crippen molar-refractivity contribution in [3.8, 4) is 0 Å². The van der Waals surface area contributed by atoms with E-state index in [1.54, 1.807) is 23.3 Å². The first kappa shape index (κ1) is 9.06. The predicted molar refractivity (Wildman–Crippen MR) is 36.2 cm³/mol. The van der Waals surface area contributed by atoms with E-state index < -0.39 is 0 Å². The van der Waals surface area contributed by atoms with Crippen LogP contribution in [0.15, 0.2) is 9.59 Å². The molecule has 1 aromatic heterocycles. The molecule has 1 aromatic rings. The van der Waals surface area contributed by atoms with Crippen LogP contribution in [0.3, 0.4) is 0 Å². The van der Waals surface area contributed by atoms with E-state index in [0.717, 1.165) is 0 Å². The summed E-state index contributed by atoms with van der Waals surface area (Å²) in [6.45, 7) is 0. The van der Waals surface area contributed by atoms with Crippen LogP contribution in [0.25, 0.3) is 0 Å². The highest BCUT2D eigenvalue weighted by molar-refractivity contribution is 8.00. The minimum atomic E-state index is 0. The second kappa shape index (κ2) is 4.89. The zero-order chi connectivity index (χ0) is 5.11. The Morgan fingerprint density at radius 1 is 1.88 bits per heavy atom. The summed E-state index contributed by atoms with van der Waals surface area (Å²) in [6.07, 6.45) is 2.06. The standard InChI is InChI=1S/C3H4NS3.HI/c1-5-3-2-6-4-7-3;/h2H,1H3;1H/q+1;/p-1. The van der Waals surface area contributed by atoms with Gasteiger partial charge in [-0.1, -0.05) is 11.8 Å². The minimum Gasteiger partial charge on any atom is -1.00 e. The number of hydrogen-bond donors (Lipinski definition) is 0. The van der Waals surface area contributed by atoms with Crippen LogP contribution in [0.4, 0.5) is 0 Å². The summed E-state index contributed by atoms with van der Waals surface area (Å²) in [7, 11) is 0. The van der Waals surface area contributed by atoms with E-state index in [1.165, 1.54) is 15.7 Å². The molecule has 1 heterocycles. The molecule has 0 fully saturated rings. The summed E-state index contributed by atoms with van der Waals surface area (Å²) in [5.74, 6) is 0. The maximum atomic E-state index is 3.96. The van der Waals surface area contributed by atoms with Gasteiger partial charge in [-0.3, -0.25) is 0 Å². The van der Waals surface area contributed by atoms with Crippen molar-refractivity contribution in [3.63, 3.8) is 0 Å². The Morgan fingerprint density at radius 2 is 2.62 bits per heavy atom. The summed E-state index contributed by atoms with van der Waals surface area (Å²) >= 11 is 4.81. The largest absolute Gasteiger partial charge is 1.00 e. The summed E-state index contributed by atoms with van der Waals surface area (Å²) in [4.78, 5) is 0. The molecular formula is C3H4INS3. The molecular weight excluding hydrogens is 273 g/mol. The van der Waals surface area contributed by atoms with Crippen LogP contribution in [0, 0.1) is 0 Å². The van der Waals surface area contributed by atoms with Crippen molar-refractivity contribution in [2.75, 3.05) is 6.26 Å². The smallest absolute Gasteiger partial charge is 0.222 e. The van der Waals surface area contributed by atoms with Gasteiger partial charge in [-0.15, -0.1) is 0 Å². The number of halogens is 1. The molecule has 5 heteroatoms. The highest BCUT2D eigenvalue weighted by Gasteiger charge is 2.00. The van der Waals surface area contributed by atoms with Gasteiger partial charge in [0, 0.05) is 0 Å². The molecule has 0 aliphatic rings. The molecule has 0 radical (unpaired) electrons. The Balaban J connectivity index is 0.000000490. The molecule has 0 aliphatic heterocycles. The Hall–Kier alpha value is 1.06. The van der Waals surface area contributed by atoms with Crippen molar-refractivity contribution in [3.05, 3.63) is 5.38 Å². The molecule has 0 amide bonds. The zero-order valence-electron chi connectivity index (χ0n) is 4.13. The molecule has 0 bridgehead atoms. The van der Waals surface area contributed by atoms with E-state index >= 15 is 0 Å². The van der Waals surface area contributed by atoms with E-state index in [-0.39, 0.29) is 24.0 Å². The van der Waals surface area contributed by atoms with Crippen LogP contribution >= 0.6 is 34.8 Å². The third kappa shape index (κ3) is 2.56. The lowest BCUT2D eigenvalue weighted by Gasteiger charge is -1.66. The van der Waals surface area contributed by atoms with Crippen LogP contribution in [-0.4, -0.2) is 10.0 Å². The minimum absolute atomic E-state index is 0. The maximum absolute atomic E-state index is 3.96. The molecule has 46 valence electrons. The van der Waals surface area contributed by atoms with E-state index in [0.29, 0.717) is 0 Å². The van der Waals surface area contributed by atoms with Gasteiger partial charge >= 0.3 is 0 Å². The molecule has 0 aromatic carbocycles. The number of rotatable bonds is 1. The molecule has 0 unspecified atom stereocenters. The SMILES string of the molecule is CSc1c[s+]ns1.[I-]. The molecule has 1 rings (SSSR count). The fraction of sp³-hybridized carbons (Fsp3) is 0.333. The van der Waals surface area contributed by atoms with Gasteiger partial charge in [0.1, 0.15) is 0 Å². The number of aromatic nitrogens is 1. The lowest BCUT2D eigenvalue weighted by atomic mass is 11.1. The Bertz CT molecular complexity index is 129. The topological polar surface area (TPSA) is 12.9 Å². The molecule has 0 spiro atoms. The Morgan fingerprint density at radius 3 is 2.88 bits per heavy atom. The van der Waals surface area contributed by atoms with Crippen LogP contribution in [0.1, 0.15) is 0 Å². The van der Waals surface area contributed by atoms with E-state index in [9.17, 15) is 0 Å². The third-order valence-corrected chi connectivity index (χ3v) is 3.34. The maximum Gasteiger partial charge on any atom is 0.222 e. The van der Waals surface area contributed by atoms with Gasteiger partial charge < -0.3 is 24.0 Å². The van der Waals surface area contributed by atoms with Crippen molar-refractivity contribution in [1.29, 1.82) is 0 Å². The number of hydrogen-bond acceptors (Lipinski definition) is 3. The van der Waals surface area contributed by atoms with Crippen LogP contribution < -0.4 is 24.0 Å². The summed E-state index contributed by atoms with van der Waals surface area (Å²) in [6, 6.07) is 0. The van der Waals surface area contributed by atoms with Gasteiger partial charge in [0.05, 0.1) is 3.76 Å². The summed E-state index contributed by atoms with van der Waals surface area (Å²) in [5.41, 5.74) is 0. The average molecular weight is 277 g/mol. The second-order valence-electron chi connectivity index (χ2n) is 0.912. The molecule has 0 aliphatic carbocycles. The zero-order valence-corrected chi connectivity index (χ0v) is 8.73. The molecule has 8 heavy (non-hydrogen) atoms. The van der Waals surface area contributed by atoms with Gasteiger partial charge in [-0.25, -0.2) is 0 Å². The monoisotopic (exact) mass is 277 g/mol. The van der Waals surface area contributed by atoms with Crippen molar-refractivity contribution >= 4 is 34.8 Å². The summed E-state index contributed by atoms with van der Waals surface area (Å²) in [5, 5.41) is 2.05. The van der Waals surface area contributed by atoms with Crippen molar-refractivity contribution in [2.24, 2.45) is 0 Å². The quantitative estimate of drug-likeness (QED) is 0.379. The first-order valence-corrected chi connectivity index (χ1v) is 4.54. The highest BCUT2D eigenvalue weighted by Crippen LogP contribution is 2.19. The van der Waals surface area contributed by atoms with Gasteiger partial charge in [0.2, 0.25) is 27.3 Å². The first-order valence-electron chi connectivity index (χ1n) is 1.71. The van der Waals surface area contributed by atoms with Gasteiger partial charge in [0.25, 0.3) is 0 Å². The van der Waals surface area contributed by atoms with Crippen molar-refractivity contribution in [2.45, 2.75) is 4.21 Å². The molecule has 0 N–H and O–H groups in total. The molecule has 1 nitrogen and oxygen atoms in total. The lowest BCUT2D eigenvalue weighted by Crippen LogP contribution is -3.00. The summed E-state index contributed by atoms with van der Waals surface area (Å²) < 4.78 is 5.25. The van der Waals surface area contributed by atoms with Gasteiger partial charge in [-0.2, -0.15) is 0 Å². The van der Waals surface area contributed by atoms with E-state index in [4.69, 9.17) is 0 Å². The van der Waals surface area contributed by atoms with Crippen molar-refractivity contribution in [1.82, 2.24) is 3.76 Å². The third-order valence-electron chi connectivity index (χ3n) is 0.520.